The number of nitrogens with two attached hydrogens (primary N) is 1. The molecule has 2 fully saturated rings. The lowest BCUT2D eigenvalue weighted by atomic mass is 9.94. The zero-order chi connectivity index (χ0) is 40.9. The fraction of sp³-hybridized carbons (Fsp3) is 0.395. The standard InChI is InChI=1S/C38H38F5N9O4S/c1-37(2,41)34-31-25-15-26(25)38(42,43)35(31)52(47-34)17-29(53)45-27(12-18-10-19(39)13-20(40)11-18)32-22(8-9-28(46-32)51-16-21(44)14-30(51)54)23-6-5-7-24-33(23)50(3)48-36(24)49-57(4,55)56/h5-11,13,21,25-27H,12,14-17,44H2,1-4H3,(H,45,53)(H,48,49)/t21?,25-,26+,27-/m0/s1. The van der Waals surface area contributed by atoms with Crippen molar-refractivity contribution in [1.82, 2.24) is 29.9 Å². The fourth-order valence-corrected chi connectivity index (χ4v) is 8.75. The molecule has 19 heteroatoms. The summed E-state index contributed by atoms with van der Waals surface area (Å²) in [4.78, 5) is 33.4. The zero-order valence-corrected chi connectivity index (χ0v) is 32.0. The first-order valence-corrected chi connectivity index (χ1v) is 20.0. The van der Waals surface area contributed by atoms with E-state index in [1.807, 2.05) is 0 Å². The van der Waals surface area contributed by atoms with Crippen LogP contribution < -0.4 is 20.7 Å². The van der Waals surface area contributed by atoms with E-state index in [9.17, 15) is 26.8 Å². The second-order valence-electron chi connectivity index (χ2n) is 15.5. The van der Waals surface area contributed by atoms with E-state index in [1.165, 1.54) is 23.4 Å². The Labute approximate surface area is 323 Å². The Kier molecular flexibility index (Phi) is 8.99. The number of hydrogen-bond donors (Lipinski definition) is 3. The van der Waals surface area contributed by atoms with E-state index in [1.54, 1.807) is 37.4 Å². The number of fused-ring (bicyclic) bond motifs is 4. The van der Waals surface area contributed by atoms with E-state index < -0.39 is 75.3 Å². The number of halogens is 5. The maximum atomic E-state index is 15.6. The quantitative estimate of drug-likeness (QED) is 0.156. The minimum Gasteiger partial charge on any atom is -0.346 e. The van der Waals surface area contributed by atoms with Crippen LogP contribution >= 0.6 is 0 Å². The van der Waals surface area contributed by atoms with Crippen molar-refractivity contribution in [3.05, 3.63) is 88.4 Å². The average molecular weight is 812 g/mol. The molecule has 1 saturated heterocycles. The number of sulfonamides is 1. The molecular formula is C38H38F5N9O4S. The number of rotatable bonds is 11. The van der Waals surface area contributed by atoms with Gasteiger partial charge in [0.15, 0.2) is 5.82 Å². The topological polar surface area (TPSA) is 170 Å². The molecule has 1 aliphatic heterocycles. The van der Waals surface area contributed by atoms with Gasteiger partial charge in [0.2, 0.25) is 21.8 Å². The first-order chi connectivity index (χ1) is 26.7. The number of carbonyl (C=O) groups is 2. The fourth-order valence-electron chi connectivity index (χ4n) is 8.25. The molecule has 13 nitrogen and oxygen atoms in total. The number of hydrogen-bond acceptors (Lipinski definition) is 8. The maximum absolute atomic E-state index is 15.6. The molecule has 4 N–H and O–H groups in total. The molecule has 4 heterocycles. The average Bonchev–Trinajstić information content (AvgIpc) is 3.46. The number of aromatic nitrogens is 5. The van der Waals surface area contributed by atoms with Gasteiger partial charge in [-0.1, -0.05) is 12.1 Å². The molecule has 0 radical (unpaired) electrons. The molecular weight excluding hydrogens is 774 g/mol. The molecule has 0 spiro atoms. The SMILES string of the molecule is Cn1nc(NS(C)(=O)=O)c2cccc(-c3ccc(N4CC(N)CC4=O)nc3[C@H](Cc3cc(F)cc(F)c3)NC(=O)Cn3nc(C(C)(C)F)c4c3C(F)(F)[C@@H]3C[C@H]43)c21. The number of aryl methyl sites for hydroxylation is 1. The van der Waals surface area contributed by atoms with Crippen molar-refractivity contribution in [2.45, 2.75) is 69.2 Å². The van der Waals surface area contributed by atoms with Crippen LogP contribution in [0.5, 0.6) is 0 Å². The van der Waals surface area contributed by atoms with Crippen LogP contribution in [0.25, 0.3) is 22.0 Å². The summed E-state index contributed by atoms with van der Waals surface area (Å²) in [5.41, 5.74) is 4.89. The van der Waals surface area contributed by atoms with E-state index in [4.69, 9.17) is 10.7 Å². The molecule has 2 aromatic carbocycles. The van der Waals surface area contributed by atoms with Crippen molar-refractivity contribution in [2.75, 3.05) is 22.4 Å². The van der Waals surface area contributed by atoms with E-state index >= 15 is 13.2 Å². The van der Waals surface area contributed by atoms with Gasteiger partial charge in [0.05, 0.1) is 23.5 Å². The van der Waals surface area contributed by atoms with Gasteiger partial charge in [-0.3, -0.25) is 28.6 Å². The molecule has 0 bridgehead atoms. The molecule has 300 valence electrons. The van der Waals surface area contributed by atoms with Gasteiger partial charge in [-0.25, -0.2) is 26.6 Å². The third-order valence-electron chi connectivity index (χ3n) is 10.6. The lowest BCUT2D eigenvalue weighted by Gasteiger charge is -2.25. The molecule has 4 atom stereocenters. The smallest absolute Gasteiger partial charge is 0.293 e. The number of nitrogens with zero attached hydrogens (tertiary/aromatic N) is 6. The monoisotopic (exact) mass is 811 g/mol. The van der Waals surface area contributed by atoms with Gasteiger partial charge in [-0.05, 0) is 68.5 Å². The Morgan fingerprint density at radius 2 is 1.81 bits per heavy atom. The third kappa shape index (κ3) is 7.00. The predicted octanol–water partition coefficient (Wildman–Crippen LogP) is 5.06. The summed E-state index contributed by atoms with van der Waals surface area (Å²) in [5.74, 6) is -7.71. The highest BCUT2D eigenvalue weighted by atomic mass is 32.2. The van der Waals surface area contributed by atoms with Crippen LogP contribution in [0, 0.1) is 17.6 Å². The summed E-state index contributed by atoms with van der Waals surface area (Å²) >= 11 is 0. The Hall–Kier alpha value is -5.43. The summed E-state index contributed by atoms with van der Waals surface area (Å²) in [5, 5.41) is 11.8. The molecule has 8 rings (SSSR count). The summed E-state index contributed by atoms with van der Waals surface area (Å²) < 4.78 is 105. The highest BCUT2D eigenvalue weighted by Crippen LogP contribution is 2.68. The van der Waals surface area contributed by atoms with Crippen molar-refractivity contribution in [1.29, 1.82) is 0 Å². The summed E-state index contributed by atoms with van der Waals surface area (Å²) in [7, 11) is -2.16. The second-order valence-corrected chi connectivity index (χ2v) is 17.3. The van der Waals surface area contributed by atoms with Crippen LogP contribution in [0.1, 0.15) is 66.9 Å². The molecule has 2 aliphatic carbocycles. The Morgan fingerprint density at radius 1 is 1.09 bits per heavy atom. The van der Waals surface area contributed by atoms with Gasteiger partial charge in [0, 0.05) is 60.1 Å². The van der Waals surface area contributed by atoms with Crippen molar-refractivity contribution < 1.29 is 40.0 Å². The van der Waals surface area contributed by atoms with Crippen LogP contribution in [0.2, 0.25) is 0 Å². The van der Waals surface area contributed by atoms with Crippen LogP contribution in [-0.4, -0.2) is 63.6 Å². The number of pyridine rings is 1. The number of anilines is 2. The normalized spacial score (nSPS) is 20.5. The molecule has 1 saturated carbocycles. The number of nitrogens with one attached hydrogen (secondary N) is 2. The molecule has 57 heavy (non-hydrogen) atoms. The largest absolute Gasteiger partial charge is 0.346 e. The number of alkyl halides is 3. The first kappa shape index (κ1) is 38.4. The van der Waals surface area contributed by atoms with Gasteiger partial charge in [0.1, 0.15) is 41.1 Å². The number of para-hydroxylation sites is 1. The van der Waals surface area contributed by atoms with Crippen molar-refractivity contribution in [3.8, 4) is 11.1 Å². The summed E-state index contributed by atoms with van der Waals surface area (Å²) in [6.07, 6.45) is 0.925. The first-order valence-electron chi connectivity index (χ1n) is 18.1. The predicted molar refractivity (Wildman–Crippen MR) is 199 cm³/mol. The third-order valence-corrected chi connectivity index (χ3v) is 11.2. The van der Waals surface area contributed by atoms with Crippen LogP contribution in [0.4, 0.5) is 33.6 Å². The van der Waals surface area contributed by atoms with Crippen LogP contribution in [-0.2, 0) is 51.2 Å². The minimum atomic E-state index is -3.75. The van der Waals surface area contributed by atoms with Crippen molar-refractivity contribution in [2.24, 2.45) is 18.7 Å². The molecule has 1 unspecified atom stereocenters. The summed E-state index contributed by atoms with van der Waals surface area (Å²) in [6, 6.07) is 9.29. The van der Waals surface area contributed by atoms with Crippen LogP contribution in [0.15, 0.2) is 48.5 Å². The summed E-state index contributed by atoms with van der Waals surface area (Å²) in [6.45, 7) is 1.79. The molecule has 3 aliphatic rings. The lowest BCUT2D eigenvalue weighted by Crippen LogP contribution is -2.35. The Morgan fingerprint density at radius 3 is 2.46 bits per heavy atom. The van der Waals surface area contributed by atoms with Gasteiger partial charge >= 0.3 is 0 Å². The van der Waals surface area contributed by atoms with E-state index in [0.29, 0.717) is 28.1 Å². The van der Waals surface area contributed by atoms with Crippen LogP contribution in [0.3, 0.4) is 0 Å². The van der Waals surface area contributed by atoms with Gasteiger partial charge in [-0.2, -0.15) is 19.0 Å². The Bertz CT molecular complexity index is 2580. The van der Waals surface area contributed by atoms with Gasteiger partial charge in [-0.15, -0.1) is 0 Å². The molecule has 2 amide bonds. The highest BCUT2D eigenvalue weighted by Gasteiger charge is 2.67. The van der Waals surface area contributed by atoms with E-state index in [0.717, 1.165) is 23.1 Å². The number of carbonyl (C=O) groups excluding carboxylic acids is 2. The molecule has 5 aromatic rings. The zero-order valence-electron chi connectivity index (χ0n) is 31.2. The van der Waals surface area contributed by atoms with Crippen molar-refractivity contribution in [3.63, 3.8) is 0 Å². The van der Waals surface area contributed by atoms with Gasteiger partial charge in [0.25, 0.3) is 5.92 Å². The minimum absolute atomic E-state index is 0.0386. The lowest BCUT2D eigenvalue weighted by molar-refractivity contribution is -0.123. The van der Waals surface area contributed by atoms with Crippen molar-refractivity contribution >= 4 is 44.4 Å². The Balaban J connectivity index is 1.27. The van der Waals surface area contributed by atoms with Gasteiger partial charge < -0.3 is 11.1 Å². The number of benzene rings is 2. The second kappa shape index (κ2) is 13.3. The van der Waals surface area contributed by atoms with E-state index in [-0.39, 0.29) is 65.9 Å². The number of amides is 2. The van der Waals surface area contributed by atoms with E-state index in [2.05, 4.69) is 20.2 Å². The molecule has 3 aromatic heterocycles. The maximum Gasteiger partial charge on any atom is 0.293 e. The highest BCUT2D eigenvalue weighted by molar-refractivity contribution is 7.92.